The molecule has 1 heterocycles. The largest absolute Gasteiger partial charge is 0.573 e. The summed E-state index contributed by atoms with van der Waals surface area (Å²) in [6.45, 7) is 1.97. The Morgan fingerprint density at radius 3 is 2.69 bits per heavy atom. The molecule has 0 spiro atoms. The van der Waals surface area contributed by atoms with Crippen LogP contribution in [0.1, 0.15) is 21.6 Å². The molecule has 0 saturated heterocycles. The van der Waals surface area contributed by atoms with Crippen LogP contribution in [0.15, 0.2) is 42.5 Å². The summed E-state index contributed by atoms with van der Waals surface area (Å²) in [5.74, 6) is -0.807. The quantitative estimate of drug-likeness (QED) is 0.471. The zero-order valence-electron chi connectivity index (χ0n) is 15.2. The molecule has 0 fully saturated rings. The molecule has 2 N–H and O–H groups in total. The van der Waals surface area contributed by atoms with Crippen LogP contribution in [0, 0.1) is 17.0 Å². The van der Waals surface area contributed by atoms with Crippen LogP contribution in [0.4, 0.5) is 18.9 Å². The van der Waals surface area contributed by atoms with E-state index in [9.17, 15) is 28.1 Å². The first-order valence-electron chi connectivity index (χ1n) is 8.53. The first-order valence-corrected chi connectivity index (χ1v) is 8.53. The van der Waals surface area contributed by atoms with Gasteiger partial charge in [0.15, 0.2) is 0 Å². The predicted octanol–water partition coefficient (Wildman–Crippen LogP) is 4.26. The van der Waals surface area contributed by atoms with Crippen molar-refractivity contribution in [3.05, 3.63) is 69.4 Å². The summed E-state index contributed by atoms with van der Waals surface area (Å²) in [5.41, 5.74) is 2.11. The van der Waals surface area contributed by atoms with Gasteiger partial charge in [-0.25, -0.2) is 0 Å². The minimum absolute atomic E-state index is 0.149. The van der Waals surface area contributed by atoms with Gasteiger partial charge < -0.3 is 15.0 Å². The summed E-state index contributed by atoms with van der Waals surface area (Å²) < 4.78 is 41.3. The number of nitro groups is 1. The van der Waals surface area contributed by atoms with Crippen molar-refractivity contribution in [2.45, 2.75) is 19.7 Å². The maximum Gasteiger partial charge on any atom is 0.573 e. The number of nitro benzene ring substituents is 1. The highest BCUT2D eigenvalue weighted by molar-refractivity contribution is 5.94. The molecule has 0 radical (unpaired) electrons. The molecule has 0 atom stereocenters. The molecule has 3 aromatic rings. The van der Waals surface area contributed by atoms with Gasteiger partial charge in [-0.3, -0.25) is 14.9 Å². The third-order valence-electron chi connectivity index (χ3n) is 4.30. The van der Waals surface area contributed by atoms with Gasteiger partial charge in [-0.15, -0.1) is 13.2 Å². The van der Waals surface area contributed by atoms with Gasteiger partial charge in [0.1, 0.15) is 5.75 Å². The molecule has 1 aromatic heterocycles. The number of non-ortho nitro benzene ring substituents is 1. The van der Waals surface area contributed by atoms with Crippen molar-refractivity contribution in [3.63, 3.8) is 0 Å². The lowest BCUT2D eigenvalue weighted by molar-refractivity contribution is -0.384. The number of alkyl halides is 3. The molecule has 0 bridgehead atoms. The van der Waals surface area contributed by atoms with E-state index in [4.69, 9.17) is 0 Å². The van der Waals surface area contributed by atoms with E-state index >= 15 is 0 Å². The predicted molar refractivity (Wildman–Crippen MR) is 98.9 cm³/mol. The second-order valence-corrected chi connectivity index (χ2v) is 6.30. The molecule has 152 valence electrons. The fourth-order valence-corrected chi connectivity index (χ4v) is 3.04. The van der Waals surface area contributed by atoms with Crippen LogP contribution in [0.2, 0.25) is 0 Å². The van der Waals surface area contributed by atoms with E-state index < -0.39 is 17.2 Å². The van der Waals surface area contributed by atoms with E-state index in [1.54, 1.807) is 6.92 Å². The average Bonchev–Trinajstić information content (AvgIpc) is 2.95. The van der Waals surface area contributed by atoms with Gasteiger partial charge in [-0.2, -0.15) is 0 Å². The molecule has 29 heavy (non-hydrogen) atoms. The molecule has 0 unspecified atom stereocenters. The molecular formula is C19H16F3N3O4. The van der Waals surface area contributed by atoms with Crippen LogP contribution in [-0.4, -0.2) is 28.7 Å². The third kappa shape index (κ3) is 4.84. The number of hydrogen-bond donors (Lipinski definition) is 2. The molecule has 2 aromatic carbocycles. The molecule has 0 aliphatic carbocycles. The Kier molecular flexibility index (Phi) is 5.44. The maximum atomic E-state index is 12.5. The van der Waals surface area contributed by atoms with E-state index in [-0.39, 0.29) is 23.5 Å². The van der Waals surface area contributed by atoms with Crippen molar-refractivity contribution in [3.8, 4) is 5.75 Å². The van der Waals surface area contributed by atoms with Crippen molar-refractivity contribution < 1.29 is 27.6 Å². The number of aromatic amines is 1. The van der Waals surface area contributed by atoms with E-state index in [1.165, 1.54) is 42.5 Å². The molecule has 7 nitrogen and oxygen atoms in total. The zero-order chi connectivity index (χ0) is 21.2. The first-order chi connectivity index (χ1) is 13.6. The highest BCUT2D eigenvalue weighted by Gasteiger charge is 2.31. The summed E-state index contributed by atoms with van der Waals surface area (Å²) in [6, 6.07) is 9.34. The number of carbonyl (C=O) groups excluding carboxylic acids is 1. The van der Waals surface area contributed by atoms with Gasteiger partial charge in [-0.05, 0) is 43.2 Å². The number of hydrogen-bond acceptors (Lipinski definition) is 4. The van der Waals surface area contributed by atoms with Gasteiger partial charge in [-0.1, -0.05) is 6.07 Å². The Morgan fingerprint density at radius 2 is 2.00 bits per heavy atom. The van der Waals surface area contributed by atoms with Gasteiger partial charge >= 0.3 is 6.36 Å². The van der Waals surface area contributed by atoms with Crippen LogP contribution in [-0.2, 0) is 6.42 Å². The number of halogens is 3. The highest BCUT2D eigenvalue weighted by atomic mass is 19.4. The number of fused-ring (bicyclic) bond motifs is 1. The summed E-state index contributed by atoms with van der Waals surface area (Å²) in [7, 11) is 0. The SMILES string of the molecule is Cc1[nH]c2ccc(OC(F)(F)F)cc2c1CCNC(=O)c1cccc([N+](=O)[O-])c1. The average molecular weight is 407 g/mol. The van der Waals surface area contributed by atoms with Crippen LogP contribution < -0.4 is 10.1 Å². The Morgan fingerprint density at radius 1 is 1.24 bits per heavy atom. The molecule has 0 aliphatic rings. The number of carbonyl (C=O) groups is 1. The molecule has 1 amide bonds. The number of benzene rings is 2. The number of H-pyrrole nitrogens is 1. The minimum atomic E-state index is -4.79. The summed E-state index contributed by atoms with van der Waals surface area (Å²) in [5, 5.41) is 14.0. The molecule has 0 aliphatic heterocycles. The minimum Gasteiger partial charge on any atom is -0.406 e. The smallest absolute Gasteiger partial charge is 0.406 e. The monoisotopic (exact) mass is 407 g/mol. The Hall–Kier alpha value is -3.56. The molecule has 10 heteroatoms. The van der Waals surface area contributed by atoms with Crippen molar-refractivity contribution >= 4 is 22.5 Å². The number of aryl methyl sites for hydroxylation is 1. The van der Waals surface area contributed by atoms with Gasteiger partial charge in [0.25, 0.3) is 11.6 Å². The number of nitrogens with one attached hydrogen (secondary N) is 2. The fourth-order valence-electron chi connectivity index (χ4n) is 3.04. The van der Waals surface area contributed by atoms with Gasteiger partial charge in [0.05, 0.1) is 4.92 Å². The zero-order valence-corrected chi connectivity index (χ0v) is 15.2. The first kappa shape index (κ1) is 20.2. The lowest BCUT2D eigenvalue weighted by Gasteiger charge is -2.09. The summed E-state index contributed by atoms with van der Waals surface area (Å²) in [6.07, 6.45) is -4.44. The lowest BCUT2D eigenvalue weighted by atomic mass is 10.1. The topological polar surface area (TPSA) is 97.3 Å². The van der Waals surface area contributed by atoms with Crippen LogP contribution in [0.5, 0.6) is 5.75 Å². The number of nitrogens with zero attached hydrogens (tertiary/aromatic N) is 1. The van der Waals surface area contributed by atoms with Crippen molar-refractivity contribution in [1.29, 1.82) is 0 Å². The van der Waals surface area contributed by atoms with Crippen molar-refractivity contribution in [2.24, 2.45) is 0 Å². The maximum absolute atomic E-state index is 12.5. The highest BCUT2D eigenvalue weighted by Crippen LogP contribution is 2.29. The number of aromatic nitrogens is 1. The number of ether oxygens (including phenoxy) is 1. The Labute approximate surface area is 162 Å². The summed E-state index contributed by atoms with van der Waals surface area (Å²) in [4.78, 5) is 25.5. The third-order valence-corrected chi connectivity index (χ3v) is 4.30. The van der Waals surface area contributed by atoms with Crippen molar-refractivity contribution in [2.75, 3.05) is 6.54 Å². The fraction of sp³-hybridized carbons (Fsp3) is 0.211. The molecular weight excluding hydrogens is 391 g/mol. The number of rotatable bonds is 6. The standard InChI is InChI=1S/C19H16F3N3O4/c1-11-15(16-10-14(29-19(20,21)22)5-6-17(16)24-11)7-8-23-18(26)12-3-2-4-13(9-12)25(27)28/h2-6,9-10,24H,7-8H2,1H3,(H,23,26). The van der Waals surface area contributed by atoms with Crippen molar-refractivity contribution in [1.82, 2.24) is 10.3 Å². The van der Waals surface area contributed by atoms with E-state index in [0.717, 1.165) is 11.3 Å². The van der Waals surface area contributed by atoms with E-state index in [2.05, 4.69) is 15.0 Å². The Balaban J connectivity index is 1.72. The summed E-state index contributed by atoms with van der Waals surface area (Å²) >= 11 is 0. The second-order valence-electron chi connectivity index (χ2n) is 6.30. The molecule has 0 saturated carbocycles. The second kappa shape index (κ2) is 7.82. The van der Waals surface area contributed by atoms with E-state index in [0.29, 0.717) is 17.3 Å². The van der Waals surface area contributed by atoms with Gasteiger partial charge in [0, 0.05) is 40.8 Å². The Bertz CT molecular complexity index is 1080. The van der Waals surface area contributed by atoms with Crippen LogP contribution in [0.25, 0.3) is 10.9 Å². The normalized spacial score (nSPS) is 11.4. The number of amides is 1. The van der Waals surface area contributed by atoms with Crippen LogP contribution >= 0.6 is 0 Å². The lowest BCUT2D eigenvalue weighted by Crippen LogP contribution is -2.25. The molecule has 3 rings (SSSR count). The van der Waals surface area contributed by atoms with Crippen LogP contribution in [0.3, 0.4) is 0 Å². The van der Waals surface area contributed by atoms with Gasteiger partial charge in [0.2, 0.25) is 0 Å². The van der Waals surface area contributed by atoms with E-state index in [1.807, 2.05) is 0 Å².